The topological polar surface area (TPSA) is 97.5 Å². The Morgan fingerprint density at radius 1 is 1.24 bits per heavy atom. The number of nitro groups is 1. The van der Waals surface area contributed by atoms with E-state index in [4.69, 9.17) is 0 Å². The van der Waals surface area contributed by atoms with Crippen molar-refractivity contribution < 1.29 is 19.6 Å². The molecule has 0 bridgehead atoms. The summed E-state index contributed by atoms with van der Waals surface area (Å²) in [5, 5.41) is 20.2. The van der Waals surface area contributed by atoms with Gasteiger partial charge in [-0.2, -0.15) is 0 Å². The van der Waals surface area contributed by atoms with Gasteiger partial charge in [0.15, 0.2) is 5.78 Å². The number of ketones is 1. The lowest BCUT2D eigenvalue weighted by molar-refractivity contribution is -0.385. The van der Waals surface area contributed by atoms with Crippen LogP contribution in [0.3, 0.4) is 0 Å². The van der Waals surface area contributed by atoms with Gasteiger partial charge in [-0.1, -0.05) is 25.0 Å². The first-order chi connectivity index (χ1) is 10.0. The number of carboxylic acid groups (broad SMARTS) is 1. The summed E-state index contributed by atoms with van der Waals surface area (Å²) in [6.45, 7) is 0. The summed E-state index contributed by atoms with van der Waals surface area (Å²) in [6.07, 6.45) is 3.07. The zero-order valence-corrected chi connectivity index (χ0v) is 11.5. The Bertz CT molecular complexity index is 569. The minimum atomic E-state index is -0.880. The van der Waals surface area contributed by atoms with E-state index in [1.54, 1.807) is 6.07 Å². The molecule has 1 aromatic carbocycles. The summed E-state index contributed by atoms with van der Waals surface area (Å²) < 4.78 is 0. The van der Waals surface area contributed by atoms with Crippen LogP contribution in [0.15, 0.2) is 24.3 Å². The van der Waals surface area contributed by atoms with E-state index in [0.29, 0.717) is 12.8 Å². The normalized spacial score (nSPS) is 21.7. The molecule has 1 aliphatic rings. The predicted molar refractivity (Wildman–Crippen MR) is 75.1 cm³/mol. The monoisotopic (exact) mass is 291 g/mol. The molecule has 1 saturated carbocycles. The van der Waals surface area contributed by atoms with E-state index in [1.807, 2.05) is 0 Å². The van der Waals surface area contributed by atoms with Crippen LogP contribution in [0.5, 0.6) is 0 Å². The second-order valence-corrected chi connectivity index (χ2v) is 5.39. The van der Waals surface area contributed by atoms with E-state index >= 15 is 0 Å². The Hall–Kier alpha value is -2.24. The molecule has 1 fully saturated rings. The second kappa shape index (κ2) is 6.47. The average molecular weight is 291 g/mol. The lowest BCUT2D eigenvalue weighted by Gasteiger charge is -2.27. The molecule has 0 saturated heterocycles. The molecule has 6 nitrogen and oxygen atoms in total. The fraction of sp³-hybridized carbons (Fsp3) is 0.467. The number of hydrogen-bond donors (Lipinski definition) is 1. The highest BCUT2D eigenvalue weighted by Gasteiger charge is 2.33. The third-order valence-electron chi connectivity index (χ3n) is 4.08. The van der Waals surface area contributed by atoms with Gasteiger partial charge in [-0.3, -0.25) is 19.7 Å². The number of rotatable bonds is 5. The zero-order valence-electron chi connectivity index (χ0n) is 11.5. The molecule has 2 atom stereocenters. The minimum Gasteiger partial charge on any atom is -0.481 e. The number of carbonyl (C=O) groups is 2. The Balaban J connectivity index is 2.17. The zero-order chi connectivity index (χ0) is 15.4. The van der Waals surface area contributed by atoms with Gasteiger partial charge in [0.2, 0.25) is 0 Å². The molecule has 0 aliphatic heterocycles. The van der Waals surface area contributed by atoms with Gasteiger partial charge in [0, 0.05) is 12.5 Å². The number of benzene rings is 1. The predicted octanol–water partition coefficient (Wildman–Crippen LogP) is 3.06. The number of carbonyl (C=O) groups excluding carboxylic acids is 1. The summed E-state index contributed by atoms with van der Waals surface area (Å²) in [7, 11) is 0. The van der Waals surface area contributed by atoms with E-state index in [9.17, 15) is 24.8 Å². The van der Waals surface area contributed by atoms with Gasteiger partial charge in [0.1, 0.15) is 0 Å². The molecule has 0 unspecified atom stereocenters. The van der Waals surface area contributed by atoms with Gasteiger partial charge in [0.05, 0.1) is 16.4 Å². The molecule has 21 heavy (non-hydrogen) atoms. The third-order valence-corrected chi connectivity index (χ3v) is 4.08. The Labute approximate surface area is 121 Å². The smallest absolute Gasteiger partial charge is 0.306 e. The molecule has 2 rings (SSSR count). The van der Waals surface area contributed by atoms with Crippen molar-refractivity contribution in [1.82, 2.24) is 0 Å². The first kappa shape index (κ1) is 15.2. The molecule has 0 aromatic heterocycles. The number of carboxylic acids is 1. The quantitative estimate of drug-likeness (QED) is 0.510. The molecule has 112 valence electrons. The van der Waals surface area contributed by atoms with E-state index in [-0.39, 0.29) is 29.4 Å². The maximum absolute atomic E-state index is 12.3. The largest absolute Gasteiger partial charge is 0.481 e. The fourth-order valence-electron chi connectivity index (χ4n) is 2.99. The maximum Gasteiger partial charge on any atom is 0.306 e. The van der Waals surface area contributed by atoms with Gasteiger partial charge < -0.3 is 5.11 Å². The van der Waals surface area contributed by atoms with E-state index in [1.165, 1.54) is 18.2 Å². The van der Waals surface area contributed by atoms with Crippen LogP contribution in [0.2, 0.25) is 0 Å². The Kier molecular flexibility index (Phi) is 4.67. The van der Waals surface area contributed by atoms with Gasteiger partial charge in [-0.25, -0.2) is 0 Å². The fourth-order valence-corrected chi connectivity index (χ4v) is 2.99. The summed E-state index contributed by atoms with van der Waals surface area (Å²) in [4.78, 5) is 33.9. The standard InChI is InChI=1S/C15H17NO5/c17-14(12-7-3-4-8-13(12)16(20)21)9-10-5-1-2-6-11(10)15(18)19/h3-4,7-8,10-11H,1-2,5-6,9H2,(H,18,19)/t10-,11-/m1/s1. The van der Waals surface area contributed by atoms with Crippen molar-refractivity contribution in [2.45, 2.75) is 32.1 Å². The summed E-state index contributed by atoms with van der Waals surface area (Å²) >= 11 is 0. The number of para-hydroxylation sites is 1. The summed E-state index contributed by atoms with van der Waals surface area (Å²) in [5.41, 5.74) is -0.151. The first-order valence-corrected chi connectivity index (χ1v) is 7.00. The van der Waals surface area contributed by atoms with Crippen LogP contribution in [-0.4, -0.2) is 21.8 Å². The van der Waals surface area contributed by atoms with Crippen LogP contribution in [0.1, 0.15) is 42.5 Å². The van der Waals surface area contributed by atoms with Crippen LogP contribution >= 0.6 is 0 Å². The van der Waals surface area contributed by atoms with E-state index in [2.05, 4.69) is 0 Å². The minimum absolute atomic E-state index is 0.0574. The van der Waals surface area contributed by atoms with Crippen LogP contribution < -0.4 is 0 Å². The number of hydrogen-bond acceptors (Lipinski definition) is 4. The van der Waals surface area contributed by atoms with Crippen molar-refractivity contribution in [2.24, 2.45) is 11.8 Å². The van der Waals surface area contributed by atoms with E-state index in [0.717, 1.165) is 12.8 Å². The molecule has 1 aliphatic carbocycles. The highest BCUT2D eigenvalue weighted by atomic mass is 16.6. The molecule has 0 radical (unpaired) electrons. The summed E-state index contributed by atoms with van der Waals surface area (Å²) in [5.74, 6) is -1.98. The molecule has 6 heteroatoms. The van der Waals surface area contributed by atoms with Crippen LogP contribution in [-0.2, 0) is 4.79 Å². The lowest BCUT2D eigenvalue weighted by Crippen LogP contribution is -2.28. The number of Topliss-reactive ketones (excluding diaryl/α,β-unsaturated/α-hetero) is 1. The molecular formula is C15H17NO5. The maximum atomic E-state index is 12.3. The van der Waals surface area contributed by atoms with Crippen LogP contribution in [0, 0.1) is 22.0 Å². The van der Waals surface area contributed by atoms with Crippen molar-refractivity contribution in [2.75, 3.05) is 0 Å². The molecule has 0 spiro atoms. The van der Waals surface area contributed by atoms with Crippen LogP contribution in [0.4, 0.5) is 5.69 Å². The third kappa shape index (κ3) is 3.45. The molecule has 1 N–H and O–H groups in total. The molecule has 1 aromatic rings. The highest BCUT2D eigenvalue weighted by molar-refractivity contribution is 6.00. The number of nitrogens with zero attached hydrogens (tertiary/aromatic N) is 1. The lowest BCUT2D eigenvalue weighted by atomic mass is 9.76. The van der Waals surface area contributed by atoms with Crippen molar-refractivity contribution in [3.8, 4) is 0 Å². The Morgan fingerprint density at radius 3 is 2.57 bits per heavy atom. The SMILES string of the molecule is O=C(C[C@H]1CCCC[C@H]1C(=O)O)c1ccccc1[N+](=O)[O-]. The van der Waals surface area contributed by atoms with Gasteiger partial charge >= 0.3 is 5.97 Å². The van der Waals surface area contributed by atoms with Gasteiger partial charge in [-0.05, 0) is 24.8 Å². The van der Waals surface area contributed by atoms with Crippen LogP contribution in [0.25, 0.3) is 0 Å². The number of nitro benzene ring substituents is 1. The Morgan fingerprint density at radius 2 is 1.90 bits per heavy atom. The van der Waals surface area contributed by atoms with Crippen molar-refractivity contribution in [3.63, 3.8) is 0 Å². The van der Waals surface area contributed by atoms with Gasteiger partial charge in [0.25, 0.3) is 5.69 Å². The summed E-state index contributed by atoms with van der Waals surface area (Å²) in [6, 6.07) is 5.81. The van der Waals surface area contributed by atoms with Crippen molar-refractivity contribution >= 4 is 17.4 Å². The highest BCUT2D eigenvalue weighted by Crippen LogP contribution is 2.34. The van der Waals surface area contributed by atoms with E-state index < -0.39 is 16.8 Å². The first-order valence-electron chi connectivity index (χ1n) is 7.00. The molecular weight excluding hydrogens is 274 g/mol. The molecule has 0 heterocycles. The van der Waals surface area contributed by atoms with Crippen molar-refractivity contribution in [1.29, 1.82) is 0 Å². The van der Waals surface area contributed by atoms with Gasteiger partial charge in [-0.15, -0.1) is 0 Å². The number of aliphatic carboxylic acids is 1. The molecule has 0 amide bonds. The van der Waals surface area contributed by atoms with Crippen molar-refractivity contribution in [3.05, 3.63) is 39.9 Å². The average Bonchev–Trinajstić information content (AvgIpc) is 2.47. The second-order valence-electron chi connectivity index (χ2n) is 5.39.